The molecule has 0 radical (unpaired) electrons. The Hall–Kier alpha value is -3.11. The van der Waals surface area contributed by atoms with Crippen LogP contribution in [-0.2, 0) is 19.2 Å². The number of fused-ring (bicyclic) bond motifs is 3. The van der Waals surface area contributed by atoms with Gasteiger partial charge in [0.25, 0.3) is 0 Å². The molecule has 31 heavy (non-hydrogen) atoms. The smallest absolute Gasteiger partial charge is 0.235 e. The molecular formula is C21H22N2O8. The number of phenolic OH excluding ortho intramolecular Hbond substituents is 1. The number of aliphatic hydroxyl groups excluding tert-OH is 1. The zero-order valence-corrected chi connectivity index (χ0v) is 16.8. The number of aromatic hydroxyl groups is 1. The maximum absolute atomic E-state index is 13.4. The summed E-state index contributed by atoms with van der Waals surface area (Å²) in [5.74, 6) is -13.2. The van der Waals surface area contributed by atoms with Gasteiger partial charge in [-0.1, -0.05) is 13.0 Å². The van der Waals surface area contributed by atoms with Crippen LogP contribution in [0.15, 0.2) is 6.07 Å². The third kappa shape index (κ3) is 2.42. The van der Waals surface area contributed by atoms with Crippen LogP contribution in [0.3, 0.4) is 0 Å². The molecule has 0 spiro atoms. The fourth-order valence-electron chi connectivity index (χ4n) is 5.57. The number of hydrogen-bond donors (Lipinski definition) is 5. The predicted octanol–water partition coefficient (Wildman–Crippen LogP) is -1.25. The van der Waals surface area contributed by atoms with Gasteiger partial charge in [-0.2, -0.15) is 0 Å². The highest BCUT2D eigenvalue weighted by Crippen LogP contribution is 2.54. The number of aliphatic hydroxyl groups is 2. The first-order chi connectivity index (χ1) is 14.3. The molecule has 3 aliphatic rings. The summed E-state index contributed by atoms with van der Waals surface area (Å²) in [6.45, 7) is 3.26. The summed E-state index contributed by atoms with van der Waals surface area (Å²) in [4.78, 5) is 63.6. The van der Waals surface area contributed by atoms with Gasteiger partial charge in [0.2, 0.25) is 5.91 Å². The van der Waals surface area contributed by atoms with Crippen molar-refractivity contribution in [3.8, 4) is 5.75 Å². The van der Waals surface area contributed by atoms with E-state index in [4.69, 9.17) is 11.5 Å². The molecule has 1 aromatic carbocycles. The minimum Gasteiger partial charge on any atom is -0.505 e. The van der Waals surface area contributed by atoms with Crippen molar-refractivity contribution in [2.45, 2.75) is 37.9 Å². The van der Waals surface area contributed by atoms with E-state index in [1.807, 2.05) is 0 Å². The van der Waals surface area contributed by atoms with Gasteiger partial charge in [0, 0.05) is 18.3 Å². The summed E-state index contributed by atoms with van der Waals surface area (Å²) >= 11 is 0. The molecule has 0 saturated heterocycles. The van der Waals surface area contributed by atoms with Crippen LogP contribution in [0, 0.1) is 30.6 Å². The average Bonchev–Trinajstić information content (AvgIpc) is 2.69. The summed E-state index contributed by atoms with van der Waals surface area (Å²) in [7, 11) is 0. The minimum absolute atomic E-state index is 0.0497. The van der Waals surface area contributed by atoms with Gasteiger partial charge in [0.15, 0.2) is 34.7 Å². The van der Waals surface area contributed by atoms with Gasteiger partial charge in [-0.25, -0.2) is 0 Å². The largest absolute Gasteiger partial charge is 0.505 e. The second-order valence-corrected chi connectivity index (χ2v) is 8.73. The second-order valence-electron chi connectivity index (χ2n) is 8.73. The summed E-state index contributed by atoms with van der Waals surface area (Å²) < 4.78 is 0. The molecule has 3 aliphatic carbocycles. The van der Waals surface area contributed by atoms with Crippen LogP contribution in [0.1, 0.15) is 40.7 Å². The van der Waals surface area contributed by atoms with Crippen LogP contribution in [-0.4, -0.2) is 56.1 Å². The van der Waals surface area contributed by atoms with E-state index in [1.165, 1.54) is 0 Å². The van der Waals surface area contributed by atoms with Crippen LogP contribution in [0.25, 0.3) is 0 Å². The molecule has 7 N–H and O–H groups in total. The molecule has 0 bridgehead atoms. The molecular weight excluding hydrogens is 408 g/mol. The van der Waals surface area contributed by atoms with Crippen molar-refractivity contribution in [2.75, 3.05) is 5.73 Å². The van der Waals surface area contributed by atoms with Crippen molar-refractivity contribution in [3.05, 3.63) is 22.8 Å². The van der Waals surface area contributed by atoms with Gasteiger partial charge in [-0.3, -0.25) is 24.0 Å². The summed E-state index contributed by atoms with van der Waals surface area (Å²) in [5, 5.41) is 32.7. The molecule has 1 amide bonds. The number of hydrogen-bond acceptors (Lipinski definition) is 9. The number of rotatable bonds is 1. The van der Waals surface area contributed by atoms with E-state index in [9.17, 15) is 39.3 Å². The number of carbonyl (C=O) groups is 5. The Labute approximate surface area is 176 Å². The van der Waals surface area contributed by atoms with Crippen molar-refractivity contribution in [1.82, 2.24) is 0 Å². The lowest BCUT2D eigenvalue weighted by Crippen LogP contribution is -2.72. The SMILES string of the molecule is Cc1cc2c(c(O)c1N)C(=O)C1C(=O)[C@]3(O)C(=O)C(C(N)=O)C(=O)C[C@@H]3[C@@H](O)[C@@H]1[C@H]2C. The molecule has 2 unspecified atom stereocenters. The molecule has 10 heteroatoms. The predicted molar refractivity (Wildman–Crippen MR) is 104 cm³/mol. The molecule has 10 nitrogen and oxygen atoms in total. The molecule has 4 rings (SSSR count). The molecule has 0 aliphatic heterocycles. The summed E-state index contributed by atoms with van der Waals surface area (Å²) in [6.07, 6.45) is -2.20. The number of nitrogen functional groups attached to an aromatic ring is 1. The Morgan fingerprint density at radius 1 is 1.19 bits per heavy atom. The van der Waals surface area contributed by atoms with E-state index in [0.717, 1.165) is 0 Å². The van der Waals surface area contributed by atoms with Crippen molar-refractivity contribution < 1.29 is 39.3 Å². The number of phenols is 1. The monoisotopic (exact) mass is 430 g/mol. The number of benzene rings is 1. The average molecular weight is 430 g/mol. The van der Waals surface area contributed by atoms with Crippen molar-refractivity contribution >= 4 is 34.7 Å². The highest BCUT2D eigenvalue weighted by molar-refractivity contribution is 6.31. The number of primary amides is 1. The molecule has 0 heterocycles. The highest BCUT2D eigenvalue weighted by Gasteiger charge is 2.69. The third-order valence-corrected chi connectivity index (χ3v) is 7.23. The minimum atomic E-state index is -2.92. The molecule has 7 atom stereocenters. The first-order valence-corrected chi connectivity index (χ1v) is 9.82. The topological polar surface area (TPSA) is 198 Å². The van der Waals surface area contributed by atoms with Gasteiger partial charge in [0.1, 0.15) is 5.75 Å². The lowest BCUT2D eigenvalue weighted by atomic mass is 9.50. The van der Waals surface area contributed by atoms with Crippen molar-refractivity contribution in [3.63, 3.8) is 0 Å². The van der Waals surface area contributed by atoms with Crippen molar-refractivity contribution in [1.29, 1.82) is 0 Å². The van der Waals surface area contributed by atoms with Gasteiger partial charge >= 0.3 is 0 Å². The van der Waals surface area contributed by atoms with Gasteiger partial charge < -0.3 is 26.8 Å². The van der Waals surface area contributed by atoms with E-state index >= 15 is 0 Å². The van der Waals surface area contributed by atoms with E-state index in [0.29, 0.717) is 11.1 Å². The van der Waals surface area contributed by atoms with Crippen LogP contribution in [0.2, 0.25) is 0 Å². The normalized spacial score (nSPS) is 37.2. The standard InChI is InChI=1S/C21H22N2O8/c1-5-3-7-6(2)10-13(16(26)11(7)17(27)14(5)22)19(29)21(31)8(15(10)25)4-9(24)12(18(21)28)20(23)30/h3,6,8,10,12-13,15,25,27,31H,4,22H2,1-2H3,(H2,23,30)/t6-,8+,10+,12?,13?,15+,21+/m0/s1. The number of aryl methyl sites for hydroxylation is 1. The summed E-state index contributed by atoms with van der Waals surface area (Å²) in [6, 6.07) is 1.58. The Kier molecular flexibility index (Phi) is 4.39. The Balaban J connectivity index is 1.92. The number of anilines is 1. The van der Waals surface area contributed by atoms with Gasteiger partial charge in [-0.05, 0) is 24.0 Å². The summed E-state index contributed by atoms with van der Waals surface area (Å²) in [5.41, 5.74) is 8.65. The maximum Gasteiger partial charge on any atom is 0.235 e. The zero-order valence-electron chi connectivity index (χ0n) is 16.8. The van der Waals surface area contributed by atoms with E-state index in [1.54, 1.807) is 19.9 Å². The second kappa shape index (κ2) is 6.44. The lowest BCUT2D eigenvalue weighted by molar-refractivity contribution is -0.189. The molecule has 164 valence electrons. The Morgan fingerprint density at radius 2 is 1.81 bits per heavy atom. The quantitative estimate of drug-likeness (QED) is 0.205. The number of nitrogens with two attached hydrogens (primary N) is 2. The molecule has 2 saturated carbocycles. The molecule has 2 fully saturated rings. The Morgan fingerprint density at radius 3 is 2.39 bits per heavy atom. The first-order valence-electron chi connectivity index (χ1n) is 9.82. The van der Waals surface area contributed by atoms with Gasteiger partial charge in [0.05, 0.1) is 23.3 Å². The number of ketones is 4. The molecule has 1 aromatic rings. The molecule has 0 aromatic heterocycles. The Bertz CT molecular complexity index is 1100. The third-order valence-electron chi connectivity index (χ3n) is 7.23. The first kappa shape index (κ1) is 21.1. The zero-order chi connectivity index (χ0) is 23.2. The number of amides is 1. The fourth-order valence-corrected chi connectivity index (χ4v) is 5.57. The number of carbonyl (C=O) groups excluding carboxylic acids is 5. The lowest BCUT2D eigenvalue weighted by Gasteiger charge is -2.52. The van der Waals surface area contributed by atoms with E-state index < -0.39 is 82.5 Å². The van der Waals surface area contributed by atoms with E-state index in [2.05, 4.69) is 0 Å². The maximum atomic E-state index is 13.4. The fraction of sp³-hybridized carbons (Fsp3) is 0.476. The van der Waals surface area contributed by atoms with Crippen LogP contribution >= 0.6 is 0 Å². The van der Waals surface area contributed by atoms with Crippen molar-refractivity contribution in [2.24, 2.45) is 29.4 Å². The van der Waals surface area contributed by atoms with Gasteiger partial charge in [-0.15, -0.1) is 0 Å². The van der Waals surface area contributed by atoms with E-state index in [-0.39, 0.29) is 11.3 Å². The van der Waals surface area contributed by atoms with Crippen LogP contribution in [0.4, 0.5) is 5.69 Å². The number of Topliss-reactive ketones (excluding diaryl/α,β-unsaturated/α-hetero) is 4. The van der Waals surface area contributed by atoms with Crippen LogP contribution < -0.4 is 11.5 Å². The van der Waals surface area contributed by atoms with Crippen LogP contribution in [0.5, 0.6) is 5.75 Å². The highest BCUT2D eigenvalue weighted by atomic mass is 16.3.